The molecular formula is C6H12LiSi+. The van der Waals surface area contributed by atoms with Crippen LogP contribution >= 0.6 is 0 Å². The van der Waals surface area contributed by atoms with Crippen molar-refractivity contribution in [3.05, 3.63) is 0 Å². The zero-order valence-electron chi connectivity index (χ0n) is 6.50. The molecule has 0 rings (SSSR count). The summed E-state index contributed by atoms with van der Waals surface area (Å²) < 4.78 is 0. The molecule has 0 aromatic heterocycles. The Morgan fingerprint density at radius 1 is 1.12 bits per heavy atom. The molecule has 0 amide bonds. The van der Waals surface area contributed by atoms with E-state index >= 15 is 0 Å². The van der Waals surface area contributed by atoms with E-state index in [1.165, 1.54) is 0 Å². The summed E-state index contributed by atoms with van der Waals surface area (Å²) in [5, 5.41) is 0. The quantitative estimate of drug-likeness (QED) is 0.280. The van der Waals surface area contributed by atoms with Crippen molar-refractivity contribution in [3.63, 3.8) is 0 Å². The normalized spacial score (nSPS) is 8.50. The Morgan fingerprint density at radius 3 is 1.50 bits per heavy atom. The van der Waals surface area contributed by atoms with E-state index in [9.17, 15) is 0 Å². The van der Waals surface area contributed by atoms with Crippen LogP contribution < -0.4 is 18.9 Å². The molecule has 0 aliphatic carbocycles. The van der Waals surface area contributed by atoms with Gasteiger partial charge in [-0.1, -0.05) is 19.6 Å². The molecule has 40 valence electrons. The van der Waals surface area contributed by atoms with Gasteiger partial charge in [-0.15, -0.1) is 11.5 Å². The second kappa shape index (κ2) is 4.27. The minimum atomic E-state index is -1.02. The third-order valence-corrected chi connectivity index (χ3v) is 1.50. The van der Waals surface area contributed by atoms with Crippen molar-refractivity contribution >= 4 is 8.07 Å². The van der Waals surface area contributed by atoms with Gasteiger partial charge in [0.05, 0.1) is 0 Å². The average molecular weight is 119 g/mol. The van der Waals surface area contributed by atoms with Gasteiger partial charge in [-0.3, -0.25) is 0 Å². The standard InChI is InChI=1S/C6H12Si.Li/c1-5-6-7(2,3)4;/h1-4H3;/q;+1. The molecule has 0 nitrogen and oxygen atoms in total. The summed E-state index contributed by atoms with van der Waals surface area (Å²) in [6.45, 7) is 8.62. The first kappa shape index (κ1) is 11.2. The predicted octanol–water partition coefficient (Wildman–Crippen LogP) is -1.11. The number of hydrogen-bond acceptors (Lipinski definition) is 0. The van der Waals surface area contributed by atoms with Crippen molar-refractivity contribution in [2.75, 3.05) is 0 Å². The van der Waals surface area contributed by atoms with Crippen molar-refractivity contribution < 1.29 is 18.9 Å². The molecule has 0 aromatic carbocycles. The molecule has 0 bridgehead atoms. The van der Waals surface area contributed by atoms with E-state index in [2.05, 4.69) is 31.1 Å². The third-order valence-electron chi connectivity index (χ3n) is 0.500. The van der Waals surface area contributed by atoms with Crippen LogP contribution in [0.4, 0.5) is 0 Å². The van der Waals surface area contributed by atoms with Crippen LogP contribution in [0, 0.1) is 11.5 Å². The Balaban J connectivity index is 0. The van der Waals surface area contributed by atoms with Gasteiger partial charge in [0.1, 0.15) is 8.07 Å². The van der Waals surface area contributed by atoms with Crippen LogP contribution in [0.3, 0.4) is 0 Å². The first-order valence-electron chi connectivity index (χ1n) is 2.50. The third kappa shape index (κ3) is 9.62. The van der Waals surface area contributed by atoms with Gasteiger partial charge >= 0.3 is 18.9 Å². The molecule has 0 unspecified atom stereocenters. The summed E-state index contributed by atoms with van der Waals surface area (Å²) in [6.07, 6.45) is 0. The van der Waals surface area contributed by atoms with E-state index in [-0.39, 0.29) is 18.9 Å². The van der Waals surface area contributed by atoms with Crippen molar-refractivity contribution in [2.45, 2.75) is 26.6 Å². The van der Waals surface area contributed by atoms with Crippen LogP contribution in [-0.2, 0) is 0 Å². The van der Waals surface area contributed by atoms with Crippen molar-refractivity contribution in [2.24, 2.45) is 0 Å². The molecule has 0 fully saturated rings. The fraction of sp³-hybridized carbons (Fsp3) is 0.667. The van der Waals surface area contributed by atoms with Gasteiger partial charge in [-0.05, 0) is 6.92 Å². The predicted molar refractivity (Wildman–Crippen MR) is 36.8 cm³/mol. The van der Waals surface area contributed by atoms with Crippen molar-refractivity contribution in [1.82, 2.24) is 0 Å². The molecule has 0 aliphatic heterocycles. The maximum absolute atomic E-state index is 3.17. The first-order valence-corrected chi connectivity index (χ1v) is 6.00. The number of hydrogen-bond donors (Lipinski definition) is 0. The van der Waals surface area contributed by atoms with Crippen LogP contribution in [0.2, 0.25) is 19.6 Å². The SMILES string of the molecule is CC#C[Si](C)(C)C.[Li+]. The van der Waals surface area contributed by atoms with Gasteiger partial charge < -0.3 is 0 Å². The molecule has 2 heteroatoms. The topological polar surface area (TPSA) is 0 Å². The first-order chi connectivity index (χ1) is 3.06. The van der Waals surface area contributed by atoms with Gasteiger partial charge in [-0.2, -0.15) is 0 Å². The van der Waals surface area contributed by atoms with Crippen LogP contribution in [0.5, 0.6) is 0 Å². The summed E-state index contributed by atoms with van der Waals surface area (Å²) in [5.74, 6) is 2.92. The summed E-state index contributed by atoms with van der Waals surface area (Å²) in [6, 6.07) is 0. The minimum Gasteiger partial charge on any atom is -0.132 e. The average Bonchev–Trinajstić information content (AvgIpc) is 1.30. The van der Waals surface area contributed by atoms with E-state index in [1.54, 1.807) is 0 Å². The molecule has 0 heterocycles. The molecule has 0 aromatic rings. The molecule has 0 N–H and O–H groups in total. The minimum absolute atomic E-state index is 0. The van der Waals surface area contributed by atoms with Crippen LogP contribution in [0.1, 0.15) is 6.92 Å². The van der Waals surface area contributed by atoms with Crippen molar-refractivity contribution in [1.29, 1.82) is 0 Å². The summed E-state index contributed by atoms with van der Waals surface area (Å²) in [4.78, 5) is 0. The van der Waals surface area contributed by atoms with E-state index in [0.717, 1.165) is 0 Å². The monoisotopic (exact) mass is 119 g/mol. The largest absolute Gasteiger partial charge is 1.00 e. The summed E-state index contributed by atoms with van der Waals surface area (Å²) in [5.41, 5.74) is 3.17. The summed E-state index contributed by atoms with van der Waals surface area (Å²) in [7, 11) is -1.02. The second-order valence-electron chi connectivity index (χ2n) is 2.62. The second-order valence-corrected chi connectivity index (χ2v) is 7.38. The molecule has 0 aliphatic rings. The van der Waals surface area contributed by atoms with Crippen molar-refractivity contribution in [3.8, 4) is 11.5 Å². The van der Waals surface area contributed by atoms with Gasteiger partial charge in [0.25, 0.3) is 0 Å². The van der Waals surface area contributed by atoms with Crippen LogP contribution in [-0.4, -0.2) is 8.07 Å². The Hall–Kier alpha value is 0.374. The smallest absolute Gasteiger partial charge is 0.132 e. The van der Waals surface area contributed by atoms with Crippen LogP contribution in [0.25, 0.3) is 0 Å². The van der Waals surface area contributed by atoms with E-state index in [1.807, 2.05) is 6.92 Å². The zero-order chi connectivity index (χ0) is 5.91. The molecule has 0 saturated carbocycles. The maximum Gasteiger partial charge on any atom is 1.00 e. The Labute approximate surface area is 65.2 Å². The molecule has 0 radical (unpaired) electrons. The van der Waals surface area contributed by atoms with Gasteiger partial charge in [0.2, 0.25) is 0 Å². The van der Waals surface area contributed by atoms with Crippen LogP contribution in [0.15, 0.2) is 0 Å². The van der Waals surface area contributed by atoms with Gasteiger partial charge in [-0.25, -0.2) is 0 Å². The Bertz CT molecular complexity index is 102. The Kier molecular flexibility index (Phi) is 5.99. The molecule has 0 spiro atoms. The molecule has 0 saturated heterocycles. The molecular weight excluding hydrogens is 107 g/mol. The molecule has 0 atom stereocenters. The van der Waals surface area contributed by atoms with E-state index in [0.29, 0.717) is 0 Å². The van der Waals surface area contributed by atoms with Gasteiger partial charge in [0, 0.05) is 0 Å². The fourth-order valence-electron chi connectivity index (χ4n) is 0.375. The summed E-state index contributed by atoms with van der Waals surface area (Å²) >= 11 is 0. The van der Waals surface area contributed by atoms with E-state index in [4.69, 9.17) is 0 Å². The Morgan fingerprint density at radius 2 is 1.50 bits per heavy atom. The van der Waals surface area contributed by atoms with E-state index < -0.39 is 8.07 Å². The molecule has 8 heavy (non-hydrogen) atoms. The fourth-order valence-corrected chi connectivity index (χ4v) is 1.12. The zero-order valence-corrected chi connectivity index (χ0v) is 7.50. The number of rotatable bonds is 0. The maximum atomic E-state index is 3.17. The van der Waals surface area contributed by atoms with Gasteiger partial charge in [0.15, 0.2) is 0 Å².